The first kappa shape index (κ1) is 29.0. The van der Waals surface area contributed by atoms with Crippen LogP contribution < -0.4 is 0 Å². The van der Waals surface area contributed by atoms with Gasteiger partial charge in [-0.1, -0.05) is 0 Å². The van der Waals surface area contributed by atoms with Crippen LogP contribution in [-0.2, 0) is 0 Å². The van der Waals surface area contributed by atoms with E-state index in [1.54, 1.807) is 13.3 Å². The molecule has 0 aromatic rings. The molecule has 0 aromatic carbocycles. The standard InChI is InChI=1S/C13H29OSi.3C4H9.Sn/c1-10(2)15(11(3)4,12(5)6)9-8-13(7)14;3*1-3-4-2;/h9-14H,8H2,1-7H3;3*1,3-4H2,2H3;/t13-;;;;/m1..../s1. The number of aliphatic hydroxyl groups is 1. The van der Waals surface area contributed by atoms with Crippen LogP contribution in [0.3, 0.4) is 0 Å². The zero-order valence-corrected chi connectivity index (χ0v) is 25.3. The molecule has 0 amide bonds. The minimum absolute atomic E-state index is 0.130. The summed E-state index contributed by atoms with van der Waals surface area (Å²) in [5.41, 5.74) is 2.45. The van der Waals surface area contributed by atoms with Crippen molar-refractivity contribution in [3.63, 3.8) is 0 Å². The van der Waals surface area contributed by atoms with Gasteiger partial charge in [0.1, 0.15) is 0 Å². The third-order valence-corrected chi connectivity index (χ3v) is 40.3. The summed E-state index contributed by atoms with van der Waals surface area (Å²) in [5, 5.41) is 10.7. The molecule has 3 heteroatoms. The van der Waals surface area contributed by atoms with Crippen molar-refractivity contribution in [2.24, 2.45) is 0 Å². The fourth-order valence-electron chi connectivity index (χ4n) is 7.02. The Morgan fingerprint density at radius 2 is 0.964 bits per heavy atom. The fourth-order valence-corrected chi connectivity index (χ4v) is 52.4. The molecular formula is C25H56OSiSn. The fraction of sp³-hybridized carbons (Fsp3) is 1.00. The monoisotopic (exact) mass is 520 g/mol. The SMILES string of the molecule is CCC[CH2][Sn]([CH2]CCC)([CH2]CCC)[C@H](C[C@@H](C)O)[Si](C(C)C)(C(C)C)C(C)C. The van der Waals surface area contributed by atoms with Crippen LogP contribution in [0.5, 0.6) is 0 Å². The molecule has 0 rings (SSSR count). The number of rotatable bonds is 16. The van der Waals surface area contributed by atoms with E-state index in [1.165, 1.54) is 38.5 Å². The van der Waals surface area contributed by atoms with Gasteiger partial charge in [0.25, 0.3) is 0 Å². The Labute approximate surface area is 184 Å². The molecule has 1 nitrogen and oxygen atoms in total. The Morgan fingerprint density at radius 3 is 1.18 bits per heavy atom. The van der Waals surface area contributed by atoms with Crippen molar-refractivity contribution in [2.45, 2.75) is 154 Å². The zero-order valence-electron chi connectivity index (χ0n) is 21.4. The molecule has 170 valence electrons. The maximum absolute atomic E-state index is 10.7. The first-order valence-corrected chi connectivity index (χ1v) is 22.8. The van der Waals surface area contributed by atoms with Crippen molar-refractivity contribution in [3.05, 3.63) is 0 Å². The van der Waals surface area contributed by atoms with Crippen LogP contribution in [0.2, 0.25) is 33.5 Å². The molecule has 0 fully saturated rings. The normalized spacial score (nSPS) is 15.6. The van der Waals surface area contributed by atoms with Crippen molar-refractivity contribution in [1.82, 2.24) is 0 Å². The molecule has 0 radical (unpaired) electrons. The average molecular weight is 520 g/mol. The third-order valence-electron chi connectivity index (χ3n) is 8.00. The van der Waals surface area contributed by atoms with Gasteiger partial charge in [-0.05, 0) is 0 Å². The van der Waals surface area contributed by atoms with Crippen molar-refractivity contribution >= 4 is 26.5 Å². The second kappa shape index (κ2) is 14.1. The molecule has 2 atom stereocenters. The van der Waals surface area contributed by atoms with E-state index < -0.39 is 26.5 Å². The molecule has 0 aromatic heterocycles. The van der Waals surface area contributed by atoms with Gasteiger partial charge in [0.2, 0.25) is 0 Å². The molecule has 0 heterocycles. The van der Waals surface area contributed by atoms with Gasteiger partial charge in [0, 0.05) is 0 Å². The van der Waals surface area contributed by atoms with Gasteiger partial charge >= 0.3 is 185 Å². The summed E-state index contributed by atoms with van der Waals surface area (Å²) in [6, 6.07) is 0. The molecule has 0 aliphatic heterocycles. The number of unbranched alkanes of at least 4 members (excludes halogenated alkanes) is 3. The first-order chi connectivity index (χ1) is 13.1. The second-order valence-corrected chi connectivity index (χ2v) is 32.6. The van der Waals surface area contributed by atoms with Gasteiger partial charge in [0.05, 0.1) is 0 Å². The van der Waals surface area contributed by atoms with Gasteiger partial charge in [-0.3, -0.25) is 0 Å². The van der Waals surface area contributed by atoms with Crippen molar-refractivity contribution in [1.29, 1.82) is 0 Å². The van der Waals surface area contributed by atoms with Crippen LogP contribution in [0.15, 0.2) is 0 Å². The Hall–Kier alpha value is 0.976. The van der Waals surface area contributed by atoms with Crippen molar-refractivity contribution in [2.75, 3.05) is 0 Å². The summed E-state index contributed by atoms with van der Waals surface area (Å²) in [4.78, 5) is 0. The van der Waals surface area contributed by atoms with E-state index in [0.29, 0.717) is 0 Å². The Morgan fingerprint density at radius 1 is 0.643 bits per heavy atom. The maximum atomic E-state index is 10.7. The summed E-state index contributed by atoms with van der Waals surface area (Å²) in [6.45, 7) is 24.6. The van der Waals surface area contributed by atoms with E-state index in [2.05, 4.69) is 69.2 Å². The van der Waals surface area contributed by atoms with E-state index in [-0.39, 0.29) is 6.10 Å². The quantitative estimate of drug-likeness (QED) is 0.202. The second-order valence-electron chi connectivity index (χ2n) is 10.8. The van der Waals surface area contributed by atoms with E-state index >= 15 is 0 Å². The van der Waals surface area contributed by atoms with Crippen molar-refractivity contribution < 1.29 is 5.11 Å². The molecule has 0 saturated carbocycles. The van der Waals surface area contributed by atoms with E-state index in [1.807, 2.05) is 0 Å². The topological polar surface area (TPSA) is 20.2 Å². The minimum atomic E-state index is -2.45. The molecule has 0 spiro atoms. The Balaban J connectivity index is 6.64. The van der Waals surface area contributed by atoms with Gasteiger partial charge in [-0.2, -0.15) is 0 Å². The molecular weight excluding hydrogens is 463 g/mol. The molecule has 0 unspecified atom stereocenters. The average Bonchev–Trinajstić information content (AvgIpc) is 2.60. The van der Waals surface area contributed by atoms with Gasteiger partial charge < -0.3 is 0 Å². The molecule has 0 bridgehead atoms. The molecule has 0 aliphatic carbocycles. The van der Waals surface area contributed by atoms with E-state index in [0.717, 1.165) is 26.6 Å². The summed E-state index contributed by atoms with van der Waals surface area (Å²) in [6.07, 6.45) is 9.35. The molecule has 28 heavy (non-hydrogen) atoms. The van der Waals surface area contributed by atoms with Gasteiger partial charge in [-0.15, -0.1) is 0 Å². The van der Waals surface area contributed by atoms with Crippen LogP contribution >= 0.6 is 0 Å². The summed E-state index contributed by atoms with van der Waals surface area (Å²) in [5.74, 6) is 0. The molecule has 1 N–H and O–H groups in total. The molecule has 0 saturated heterocycles. The summed E-state index contributed by atoms with van der Waals surface area (Å²) in [7, 11) is -1.57. The van der Waals surface area contributed by atoms with E-state index in [4.69, 9.17) is 0 Å². The zero-order chi connectivity index (χ0) is 22.0. The van der Waals surface area contributed by atoms with Crippen molar-refractivity contribution in [3.8, 4) is 0 Å². The summed E-state index contributed by atoms with van der Waals surface area (Å²) >= 11 is -2.45. The Bertz CT molecular complexity index is 348. The number of aliphatic hydroxyl groups excluding tert-OH is 1. The Kier molecular flexibility index (Phi) is 14.6. The van der Waals surface area contributed by atoms with Crippen LogP contribution in [0.25, 0.3) is 0 Å². The first-order valence-electron chi connectivity index (χ1n) is 12.7. The van der Waals surface area contributed by atoms with Crippen LogP contribution in [0, 0.1) is 0 Å². The predicted molar refractivity (Wildman–Crippen MR) is 136 cm³/mol. The van der Waals surface area contributed by atoms with Gasteiger partial charge in [0.15, 0.2) is 0 Å². The van der Waals surface area contributed by atoms with E-state index in [9.17, 15) is 5.11 Å². The van der Waals surface area contributed by atoms with Crippen LogP contribution in [-0.4, -0.2) is 37.7 Å². The summed E-state index contributed by atoms with van der Waals surface area (Å²) < 4.78 is 5.70. The number of hydrogen-bond acceptors (Lipinski definition) is 1. The van der Waals surface area contributed by atoms with Crippen LogP contribution in [0.4, 0.5) is 0 Å². The van der Waals surface area contributed by atoms with Gasteiger partial charge in [-0.25, -0.2) is 0 Å². The van der Waals surface area contributed by atoms with Crippen LogP contribution in [0.1, 0.15) is 114 Å². The number of hydrogen-bond donors (Lipinski definition) is 1. The molecule has 0 aliphatic rings. The third kappa shape index (κ3) is 7.29. The predicted octanol–water partition coefficient (Wildman–Crippen LogP) is 9.19.